The zero-order valence-electron chi connectivity index (χ0n) is 12.5. The molecule has 0 heterocycles. The summed E-state index contributed by atoms with van der Waals surface area (Å²) in [4.78, 5) is 0. The van der Waals surface area contributed by atoms with Gasteiger partial charge in [0, 0.05) is 18.2 Å². The smallest absolute Gasteiger partial charge is 0.123 e. The van der Waals surface area contributed by atoms with Crippen LogP contribution in [0.5, 0.6) is 11.5 Å². The average Bonchev–Trinajstić information content (AvgIpc) is 2.52. The maximum atomic E-state index is 12.9. The lowest BCUT2D eigenvalue weighted by molar-refractivity contribution is 0.395. The summed E-state index contributed by atoms with van der Waals surface area (Å²) in [6, 6.07) is 12.3. The van der Waals surface area contributed by atoms with E-state index in [1.807, 2.05) is 25.1 Å². The molecular weight excluding hydrogens is 269 g/mol. The predicted octanol–water partition coefficient (Wildman–Crippen LogP) is 3.69. The Kier molecular flexibility index (Phi) is 5.17. The van der Waals surface area contributed by atoms with E-state index in [1.165, 1.54) is 12.1 Å². The van der Waals surface area contributed by atoms with Crippen molar-refractivity contribution in [3.05, 3.63) is 59.4 Å². The number of ether oxygens (including phenoxy) is 2. The minimum atomic E-state index is -0.222. The van der Waals surface area contributed by atoms with Gasteiger partial charge in [0.1, 0.15) is 17.3 Å². The first-order chi connectivity index (χ1) is 10.1. The second kappa shape index (κ2) is 7.09. The summed E-state index contributed by atoms with van der Waals surface area (Å²) in [5, 5.41) is 3.40. The Bertz CT molecular complexity index is 584. The van der Waals surface area contributed by atoms with Gasteiger partial charge >= 0.3 is 0 Å². The zero-order valence-corrected chi connectivity index (χ0v) is 12.5. The van der Waals surface area contributed by atoms with Crippen molar-refractivity contribution in [2.75, 3.05) is 14.2 Å². The van der Waals surface area contributed by atoms with Crippen LogP contribution >= 0.6 is 0 Å². The summed E-state index contributed by atoms with van der Waals surface area (Å²) in [7, 11) is 3.29. The third-order valence-electron chi connectivity index (χ3n) is 3.46. The van der Waals surface area contributed by atoms with Crippen molar-refractivity contribution in [2.24, 2.45) is 0 Å². The van der Waals surface area contributed by atoms with Crippen LogP contribution in [0.1, 0.15) is 24.1 Å². The van der Waals surface area contributed by atoms with E-state index in [0.717, 1.165) is 22.6 Å². The molecule has 0 fully saturated rings. The molecule has 0 aliphatic rings. The maximum absolute atomic E-state index is 12.9. The quantitative estimate of drug-likeness (QED) is 0.879. The molecule has 0 bridgehead atoms. The Morgan fingerprint density at radius 3 is 2.38 bits per heavy atom. The molecule has 0 aliphatic carbocycles. The molecule has 0 aromatic heterocycles. The maximum Gasteiger partial charge on any atom is 0.123 e. The summed E-state index contributed by atoms with van der Waals surface area (Å²) >= 11 is 0. The van der Waals surface area contributed by atoms with Gasteiger partial charge in [0.2, 0.25) is 0 Å². The fourth-order valence-electron chi connectivity index (χ4n) is 2.15. The number of methoxy groups -OCH3 is 2. The van der Waals surface area contributed by atoms with Crippen molar-refractivity contribution in [2.45, 2.75) is 19.5 Å². The van der Waals surface area contributed by atoms with Crippen LogP contribution in [0.15, 0.2) is 42.5 Å². The van der Waals surface area contributed by atoms with Crippen LogP contribution < -0.4 is 14.8 Å². The number of halogens is 1. The molecule has 112 valence electrons. The van der Waals surface area contributed by atoms with Gasteiger partial charge in [-0.15, -0.1) is 0 Å². The molecular formula is C17H20FNO2. The fraction of sp³-hybridized carbons (Fsp3) is 0.294. The summed E-state index contributed by atoms with van der Waals surface area (Å²) in [5.41, 5.74) is 2.06. The van der Waals surface area contributed by atoms with Crippen LogP contribution in [0.4, 0.5) is 4.39 Å². The number of rotatable bonds is 6. The van der Waals surface area contributed by atoms with Crippen molar-refractivity contribution in [3.63, 3.8) is 0 Å². The van der Waals surface area contributed by atoms with Crippen LogP contribution in [0.25, 0.3) is 0 Å². The van der Waals surface area contributed by atoms with Crippen molar-refractivity contribution >= 4 is 0 Å². The van der Waals surface area contributed by atoms with E-state index in [2.05, 4.69) is 5.32 Å². The van der Waals surface area contributed by atoms with E-state index in [1.54, 1.807) is 26.4 Å². The number of nitrogens with one attached hydrogen (secondary N) is 1. The summed E-state index contributed by atoms with van der Waals surface area (Å²) in [6.07, 6.45) is 0. The molecule has 0 amide bonds. The highest BCUT2D eigenvalue weighted by molar-refractivity contribution is 5.40. The van der Waals surface area contributed by atoms with E-state index < -0.39 is 0 Å². The standard InChI is InChI=1S/C17H20FNO2/c1-12(13-4-6-15(18)7-5-13)19-11-14-10-16(20-2)8-9-17(14)21-3/h4-10,12,19H,11H2,1-3H3. The molecule has 0 saturated carbocycles. The van der Waals surface area contributed by atoms with Crippen molar-refractivity contribution in [1.29, 1.82) is 0 Å². The van der Waals surface area contributed by atoms with Gasteiger partial charge in [0.25, 0.3) is 0 Å². The monoisotopic (exact) mass is 289 g/mol. The van der Waals surface area contributed by atoms with Crippen LogP contribution in [0.2, 0.25) is 0 Å². The zero-order chi connectivity index (χ0) is 15.2. The van der Waals surface area contributed by atoms with Gasteiger partial charge in [-0.3, -0.25) is 0 Å². The Morgan fingerprint density at radius 1 is 1.05 bits per heavy atom. The molecule has 21 heavy (non-hydrogen) atoms. The normalized spacial score (nSPS) is 12.0. The van der Waals surface area contributed by atoms with E-state index in [0.29, 0.717) is 6.54 Å². The predicted molar refractivity (Wildman–Crippen MR) is 81.2 cm³/mol. The minimum absolute atomic E-state index is 0.113. The third-order valence-corrected chi connectivity index (χ3v) is 3.46. The lowest BCUT2D eigenvalue weighted by atomic mass is 10.1. The molecule has 1 N–H and O–H groups in total. The molecule has 1 unspecified atom stereocenters. The first-order valence-electron chi connectivity index (χ1n) is 6.83. The largest absolute Gasteiger partial charge is 0.497 e. The van der Waals surface area contributed by atoms with Crippen LogP contribution in [-0.2, 0) is 6.54 Å². The van der Waals surface area contributed by atoms with Gasteiger partial charge in [-0.05, 0) is 42.8 Å². The summed E-state index contributed by atoms with van der Waals surface area (Å²) in [6.45, 7) is 2.68. The molecule has 0 saturated heterocycles. The van der Waals surface area contributed by atoms with E-state index >= 15 is 0 Å². The molecule has 2 rings (SSSR count). The van der Waals surface area contributed by atoms with Crippen molar-refractivity contribution < 1.29 is 13.9 Å². The summed E-state index contributed by atoms with van der Waals surface area (Å²) in [5.74, 6) is 1.39. The lowest BCUT2D eigenvalue weighted by Crippen LogP contribution is -2.18. The Hall–Kier alpha value is -2.07. The minimum Gasteiger partial charge on any atom is -0.497 e. The van der Waals surface area contributed by atoms with Crippen molar-refractivity contribution in [3.8, 4) is 11.5 Å². The van der Waals surface area contributed by atoms with Crippen LogP contribution in [0.3, 0.4) is 0 Å². The number of benzene rings is 2. The highest BCUT2D eigenvalue weighted by Crippen LogP contribution is 2.24. The highest BCUT2D eigenvalue weighted by atomic mass is 19.1. The first-order valence-corrected chi connectivity index (χ1v) is 6.83. The second-order valence-corrected chi connectivity index (χ2v) is 4.83. The fourth-order valence-corrected chi connectivity index (χ4v) is 2.15. The second-order valence-electron chi connectivity index (χ2n) is 4.83. The molecule has 3 nitrogen and oxygen atoms in total. The van der Waals surface area contributed by atoms with Gasteiger partial charge in [0.15, 0.2) is 0 Å². The molecule has 0 aliphatic heterocycles. The highest BCUT2D eigenvalue weighted by Gasteiger charge is 2.09. The lowest BCUT2D eigenvalue weighted by Gasteiger charge is -2.16. The average molecular weight is 289 g/mol. The van der Waals surface area contributed by atoms with Gasteiger partial charge < -0.3 is 14.8 Å². The van der Waals surface area contributed by atoms with Gasteiger partial charge in [-0.25, -0.2) is 4.39 Å². The topological polar surface area (TPSA) is 30.5 Å². The first kappa shape index (κ1) is 15.3. The number of hydrogen-bond acceptors (Lipinski definition) is 3. The Labute approximate surface area is 124 Å². The van der Waals surface area contributed by atoms with E-state index in [-0.39, 0.29) is 11.9 Å². The van der Waals surface area contributed by atoms with Gasteiger partial charge in [-0.2, -0.15) is 0 Å². The molecule has 2 aromatic carbocycles. The van der Waals surface area contributed by atoms with E-state index in [9.17, 15) is 4.39 Å². The van der Waals surface area contributed by atoms with Crippen LogP contribution in [-0.4, -0.2) is 14.2 Å². The van der Waals surface area contributed by atoms with Crippen molar-refractivity contribution in [1.82, 2.24) is 5.32 Å². The molecule has 0 spiro atoms. The Balaban J connectivity index is 2.06. The molecule has 0 radical (unpaired) electrons. The molecule has 4 heteroatoms. The van der Waals surface area contributed by atoms with Crippen LogP contribution in [0, 0.1) is 5.82 Å². The molecule has 2 aromatic rings. The number of hydrogen-bond donors (Lipinski definition) is 1. The third kappa shape index (κ3) is 3.95. The SMILES string of the molecule is COc1ccc(OC)c(CNC(C)c2ccc(F)cc2)c1. The van der Waals surface area contributed by atoms with Gasteiger partial charge in [-0.1, -0.05) is 12.1 Å². The Morgan fingerprint density at radius 2 is 1.76 bits per heavy atom. The summed E-state index contributed by atoms with van der Waals surface area (Å²) < 4.78 is 23.5. The molecule has 1 atom stereocenters. The van der Waals surface area contributed by atoms with Gasteiger partial charge in [0.05, 0.1) is 14.2 Å². The van der Waals surface area contributed by atoms with E-state index in [4.69, 9.17) is 9.47 Å².